The number of halogens is 3. The van der Waals surface area contributed by atoms with Gasteiger partial charge in [-0.25, -0.2) is 9.97 Å². The van der Waals surface area contributed by atoms with E-state index in [-0.39, 0.29) is 0 Å². The van der Waals surface area contributed by atoms with E-state index in [9.17, 15) is 0 Å². The van der Waals surface area contributed by atoms with Gasteiger partial charge in [-0.2, -0.15) is 0 Å². The van der Waals surface area contributed by atoms with Gasteiger partial charge in [0.15, 0.2) is 5.82 Å². The van der Waals surface area contributed by atoms with Gasteiger partial charge >= 0.3 is 0 Å². The Kier molecular flexibility index (Phi) is 5.41. The lowest BCUT2D eigenvalue weighted by Gasteiger charge is -2.11. The maximum absolute atomic E-state index is 6.03. The molecular formula is C14H14Br2ClN3. The van der Waals surface area contributed by atoms with Gasteiger partial charge < -0.3 is 5.32 Å². The van der Waals surface area contributed by atoms with Crippen molar-refractivity contribution in [3.05, 3.63) is 37.9 Å². The summed E-state index contributed by atoms with van der Waals surface area (Å²) < 4.78 is 1.77. The minimum absolute atomic E-state index is 0.675. The van der Waals surface area contributed by atoms with E-state index in [0.29, 0.717) is 10.8 Å². The van der Waals surface area contributed by atoms with Gasteiger partial charge in [0.25, 0.3) is 0 Å². The van der Waals surface area contributed by atoms with E-state index in [2.05, 4.69) is 54.1 Å². The van der Waals surface area contributed by atoms with Gasteiger partial charge in [-0.15, -0.1) is 0 Å². The molecular weight excluding hydrogens is 405 g/mol. The van der Waals surface area contributed by atoms with Crippen LogP contribution in [0.1, 0.15) is 19.5 Å². The lowest BCUT2D eigenvalue weighted by molar-refractivity contribution is 0.984. The fraction of sp³-hybridized carbons (Fsp3) is 0.286. The lowest BCUT2D eigenvalue weighted by Crippen LogP contribution is -2.05. The zero-order valence-corrected chi connectivity index (χ0v) is 15.1. The average molecular weight is 420 g/mol. The second-order valence-electron chi connectivity index (χ2n) is 4.17. The summed E-state index contributed by atoms with van der Waals surface area (Å²) in [7, 11) is 0. The van der Waals surface area contributed by atoms with Gasteiger partial charge in [0, 0.05) is 16.6 Å². The first-order chi connectivity index (χ1) is 9.56. The predicted octanol–water partition coefficient (Wildman–Crippen LogP) is 5.32. The molecule has 6 heteroatoms. The summed E-state index contributed by atoms with van der Waals surface area (Å²) in [6.07, 6.45) is 0.837. The van der Waals surface area contributed by atoms with Crippen molar-refractivity contribution in [2.75, 3.05) is 11.9 Å². The smallest absolute Gasteiger partial charge is 0.161 e. The third kappa shape index (κ3) is 3.32. The highest BCUT2D eigenvalue weighted by molar-refractivity contribution is 9.11. The van der Waals surface area contributed by atoms with E-state index in [4.69, 9.17) is 11.6 Å². The van der Waals surface area contributed by atoms with E-state index in [0.717, 1.165) is 39.0 Å². The van der Waals surface area contributed by atoms with E-state index in [1.807, 2.05) is 25.1 Å². The van der Waals surface area contributed by atoms with Crippen molar-refractivity contribution in [3.63, 3.8) is 0 Å². The molecule has 0 aliphatic rings. The van der Waals surface area contributed by atoms with Crippen molar-refractivity contribution < 1.29 is 0 Å². The van der Waals surface area contributed by atoms with Gasteiger partial charge in [-0.1, -0.05) is 18.5 Å². The second-order valence-corrected chi connectivity index (χ2v) is 6.22. The molecule has 0 spiro atoms. The van der Waals surface area contributed by atoms with Crippen LogP contribution in [0.15, 0.2) is 27.1 Å². The standard InChI is InChI=1S/C14H14Br2ClN3/c1-3-11-12(16)14(18-4-2)20-13(19-11)8-5-6-10(17)9(15)7-8/h5-7H,3-4H2,1-2H3,(H,18,19,20). The monoisotopic (exact) mass is 417 g/mol. The third-order valence-electron chi connectivity index (χ3n) is 2.78. The molecule has 0 unspecified atom stereocenters. The highest BCUT2D eigenvalue weighted by Gasteiger charge is 2.12. The van der Waals surface area contributed by atoms with Gasteiger partial charge in [0.1, 0.15) is 5.82 Å². The second kappa shape index (κ2) is 6.87. The summed E-state index contributed by atoms with van der Waals surface area (Å²) in [5, 5.41) is 3.93. The molecule has 0 fully saturated rings. The van der Waals surface area contributed by atoms with Crippen LogP contribution < -0.4 is 5.32 Å². The van der Waals surface area contributed by atoms with Crippen LogP contribution in [0.5, 0.6) is 0 Å². The molecule has 20 heavy (non-hydrogen) atoms. The Labute approximate surface area is 140 Å². The summed E-state index contributed by atoms with van der Waals surface area (Å²) in [5.41, 5.74) is 1.92. The van der Waals surface area contributed by atoms with Gasteiger partial charge in [0.2, 0.25) is 0 Å². The van der Waals surface area contributed by atoms with Crippen molar-refractivity contribution in [2.45, 2.75) is 20.3 Å². The van der Waals surface area contributed by atoms with Crippen molar-refractivity contribution in [1.29, 1.82) is 0 Å². The maximum atomic E-state index is 6.03. The lowest BCUT2D eigenvalue weighted by atomic mass is 10.2. The molecule has 0 aliphatic carbocycles. The maximum Gasteiger partial charge on any atom is 0.161 e. The zero-order valence-electron chi connectivity index (χ0n) is 11.2. The van der Waals surface area contributed by atoms with Crippen LogP contribution >= 0.6 is 43.5 Å². The van der Waals surface area contributed by atoms with Crippen LogP contribution in [-0.2, 0) is 6.42 Å². The molecule has 2 aromatic rings. The first kappa shape index (κ1) is 15.7. The molecule has 0 aliphatic heterocycles. The number of aromatic nitrogens is 2. The van der Waals surface area contributed by atoms with Gasteiger partial charge in [-0.3, -0.25) is 0 Å². The van der Waals surface area contributed by atoms with Crippen LogP contribution in [0.2, 0.25) is 5.02 Å². The van der Waals surface area contributed by atoms with Crippen LogP contribution in [0.25, 0.3) is 11.4 Å². The number of nitrogens with one attached hydrogen (secondary N) is 1. The Morgan fingerprint density at radius 3 is 2.55 bits per heavy atom. The van der Waals surface area contributed by atoms with E-state index in [1.165, 1.54) is 0 Å². The Hall–Kier alpha value is -0.650. The molecule has 1 aromatic heterocycles. The number of nitrogens with zero attached hydrogens (tertiary/aromatic N) is 2. The highest BCUT2D eigenvalue weighted by Crippen LogP contribution is 2.31. The van der Waals surface area contributed by atoms with E-state index >= 15 is 0 Å². The molecule has 106 valence electrons. The number of hydrogen-bond acceptors (Lipinski definition) is 3. The third-order valence-corrected chi connectivity index (χ3v) is 4.82. The number of hydrogen-bond donors (Lipinski definition) is 1. The minimum atomic E-state index is 0.675. The van der Waals surface area contributed by atoms with E-state index in [1.54, 1.807) is 0 Å². The average Bonchev–Trinajstić information content (AvgIpc) is 2.44. The van der Waals surface area contributed by atoms with Gasteiger partial charge in [0.05, 0.1) is 15.2 Å². The molecule has 0 radical (unpaired) electrons. The molecule has 1 aromatic carbocycles. The van der Waals surface area contributed by atoms with Crippen molar-refractivity contribution in [3.8, 4) is 11.4 Å². The molecule has 1 heterocycles. The largest absolute Gasteiger partial charge is 0.369 e. The zero-order chi connectivity index (χ0) is 14.7. The Morgan fingerprint density at radius 2 is 1.95 bits per heavy atom. The van der Waals surface area contributed by atoms with Crippen LogP contribution in [0, 0.1) is 0 Å². The highest BCUT2D eigenvalue weighted by atomic mass is 79.9. The van der Waals surface area contributed by atoms with Crippen LogP contribution in [-0.4, -0.2) is 16.5 Å². The Balaban J connectivity index is 2.55. The number of rotatable bonds is 4. The van der Waals surface area contributed by atoms with E-state index < -0.39 is 0 Å². The molecule has 0 saturated carbocycles. The molecule has 0 amide bonds. The normalized spacial score (nSPS) is 10.7. The number of aryl methyl sites for hydroxylation is 1. The summed E-state index contributed by atoms with van der Waals surface area (Å²) in [4.78, 5) is 9.19. The Morgan fingerprint density at radius 1 is 1.20 bits per heavy atom. The fourth-order valence-corrected chi connectivity index (χ4v) is 2.87. The molecule has 0 atom stereocenters. The molecule has 0 saturated heterocycles. The first-order valence-corrected chi connectivity index (χ1v) is 8.28. The molecule has 3 nitrogen and oxygen atoms in total. The summed E-state index contributed by atoms with van der Waals surface area (Å²) in [6.45, 7) is 4.92. The summed E-state index contributed by atoms with van der Waals surface area (Å²) in [5.74, 6) is 1.51. The SMILES string of the molecule is CCNc1nc(-c2ccc(Cl)c(Br)c2)nc(CC)c1Br. The van der Waals surface area contributed by atoms with Crippen LogP contribution in [0.4, 0.5) is 5.82 Å². The van der Waals surface area contributed by atoms with Gasteiger partial charge in [-0.05, 0) is 63.4 Å². The summed E-state index contributed by atoms with van der Waals surface area (Å²) >= 11 is 13.0. The quantitative estimate of drug-likeness (QED) is 0.729. The predicted molar refractivity (Wildman–Crippen MR) is 91.4 cm³/mol. The fourth-order valence-electron chi connectivity index (χ4n) is 1.78. The topological polar surface area (TPSA) is 37.8 Å². The molecule has 1 N–H and O–H groups in total. The number of benzene rings is 1. The van der Waals surface area contributed by atoms with Crippen LogP contribution in [0.3, 0.4) is 0 Å². The molecule has 2 rings (SSSR count). The van der Waals surface area contributed by atoms with Crippen molar-refractivity contribution >= 4 is 49.3 Å². The minimum Gasteiger partial charge on any atom is -0.369 e. The number of anilines is 1. The Bertz CT molecular complexity index is 632. The summed E-state index contributed by atoms with van der Waals surface area (Å²) in [6, 6.07) is 5.69. The van der Waals surface area contributed by atoms with Crippen molar-refractivity contribution in [2.24, 2.45) is 0 Å². The first-order valence-electron chi connectivity index (χ1n) is 6.32. The van der Waals surface area contributed by atoms with Crippen molar-refractivity contribution in [1.82, 2.24) is 9.97 Å². The molecule has 0 bridgehead atoms.